The molecule has 0 saturated carbocycles. The number of aromatic nitrogens is 2. The van der Waals surface area contributed by atoms with E-state index >= 15 is 0 Å². The summed E-state index contributed by atoms with van der Waals surface area (Å²) in [6, 6.07) is 14.1. The van der Waals surface area contributed by atoms with Crippen molar-refractivity contribution in [2.45, 2.75) is 18.7 Å². The van der Waals surface area contributed by atoms with Crippen molar-refractivity contribution < 1.29 is 27.9 Å². The van der Waals surface area contributed by atoms with Crippen molar-refractivity contribution in [1.82, 2.24) is 20.0 Å². The van der Waals surface area contributed by atoms with Gasteiger partial charge in [-0.15, -0.1) is 0 Å². The highest BCUT2D eigenvalue weighted by molar-refractivity contribution is 6.30. The van der Waals surface area contributed by atoms with Gasteiger partial charge in [-0.3, -0.25) is 9.59 Å². The lowest BCUT2D eigenvalue weighted by atomic mass is 10.0. The first-order valence-corrected chi connectivity index (χ1v) is 10.9. The van der Waals surface area contributed by atoms with Crippen LogP contribution in [0.25, 0.3) is 5.69 Å². The van der Waals surface area contributed by atoms with Crippen LogP contribution >= 0.6 is 11.6 Å². The Morgan fingerprint density at radius 1 is 1.14 bits per heavy atom. The summed E-state index contributed by atoms with van der Waals surface area (Å²) in [4.78, 5) is 26.2. The van der Waals surface area contributed by atoms with Crippen LogP contribution in [-0.4, -0.2) is 63.0 Å². The Labute approximate surface area is 204 Å². The topological polar surface area (TPSA) is 113 Å². The molecule has 8 nitrogen and oxygen atoms in total. The van der Waals surface area contributed by atoms with Gasteiger partial charge in [0.1, 0.15) is 11.4 Å². The van der Waals surface area contributed by atoms with Gasteiger partial charge >= 0.3 is 6.18 Å². The second kappa shape index (κ2) is 10.4. The number of nitrogens with zero attached hydrogens (tertiary/aromatic N) is 3. The fraction of sp³-hybridized carbons (Fsp3) is 0.261. The zero-order valence-electron chi connectivity index (χ0n) is 18.6. The molecule has 2 amide bonds. The van der Waals surface area contributed by atoms with Crippen molar-refractivity contribution >= 4 is 29.2 Å². The van der Waals surface area contributed by atoms with Gasteiger partial charge in [0.15, 0.2) is 5.60 Å². The Bertz CT molecular complexity index is 1190. The third kappa shape index (κ3) is 5.75. The number of hydrogen-bond donors (Lipinski definition) is 3. The van der Waals surface area contributed by atoms with E-state index in [1.54, 1.807) is 42.5 Å². The summed E-state index contributed by atoms with van der Waals surface area (Å²) in [5.74, 6) is -1.77. The zero-order chi connectivity index (χ0) is 25.8. The number of aliphatic hydroxyl groups is 1. The van der Waals surface area contributed by atoms with E-state index in [2.05, 4.69) is 10.4 Å². The number of amides is 2. The lowest BCUT2D eigenvalue weighted by molar-refractivity contribution is -0.259. The molecule has 0 radical (unpaired) electrons. The highest BCUT2D eigenvalue weighted by Gasteiger charge is 2.55. The predicted octanol–water partition coefficient (Wildman–Crippen LogP) is 3.29. The van der Waals surface area contributed by atoms with Gasteiger partial charge in [-0.1, -0.05) is 29.8 Å². The molecule has 0 fully saturated rings. The highest BCUT2D eigenvalue weighted by Crippen LogP contribution is 2.31. The SMILES string of the molecule is CCN(CC(O)(CNC(=O)c1cnn(-c2ccc(Cl)cc2)c1N)C(F)(F)F)C(=O)c1ccccc1. The molecular weight excluding hydrogens is 487 g/mol. The van der Waals surface area contributed by atoms with Crippen LogP contribution in [0.4, 0.5) is 19.0 Å². The van der Waals surface area contributed by atoms with Crippen molar-refractivity contribution in [2.24, 2.45) is 0 Å². The molecule has 3 aromatic rings. The predicted molar refractivity (Wildman–Crippen MR) is 124 cm³/mol. The Kier molecular flexibility index (Phi) is 7.71. The summed E-state index contributed by atoms with van der Waals surface area (Å²) in [6.45, 7) is -0.900. The van der Waals surface area contributed by atoms with Crippen molar-refractivity contribution in [2.75, 3.05) is 25.4 Å². The summed E-state index contributed by atoms with van der Waals surface area (Å²) in [5.41, 5.74) is 3.03. The van der Waals surface area contributed by atoms with Crippen molar-refractivity contribution in [3.05, 3.63) is 76.9 Å². The van der Waals surface area contributed by atoms with E-state index in [4.69, 9.17) is 17.3 Å². The second-order valence-electron chi connectivity index (χ2n) is 7.73. The summed E-state index contributed by atoms with van der Waals surface area (Å²) in [5, 5.41) is 17.1. The van der Waals surface area contributed by atoms with Crippen LogP contribution in [0, 0.1) is 0 Å². The van der Waals surface area contributed by atoms with E-state index in [0.717, 1.165) is 11.1 Å². The number of nitrogen functional groups attached to an aromatic ring is 1. The molecule has 0 aliphatic rings. The number of rotatable bonds is 8. The molecule has 3 rings (SSSR count). The molecule has 1 atom stereocenters. The van der Waals surface area contributed by atoms with E-state index in [9.17, 15) is 27.9 Å². The molecule has 0 bridgehead atoms. The van der Waals surface area contributed by atoms with Crippen molar-refractivity contribution in [3.63, 3.8) is 0 Å². The van der Waals surface area contributed by atoms with Gasteiger partial charge in [-0.25, -0.2) is 4.68 Å². The monoisotopic (exact) mass is 509 g/mol. The summed E-state index contributed by atoms with van der Waals surface area (Å²) in [6.07, 6.45) is -4.05. The largest absolute Gasteiger partial charge is 0.420 e. The number of nitrogens with two attached hydrogens (primary N) is 1. The van der Waals surface area contributed by atoms with Crippen LogP contribution in [0.3, 0.4) is 0 Å². The first kappa shape index (κ1) is 26.0. The van der Waals surface area contributed by atoms with E-state index in [-0.39, 0.29) is 23.5 Å². The van der Waals surface area contributed by atoms with Crippen LogP contribution in [-0.2, 0) is 0 Å². The smallest absolute Gasteiger partial charge is 0.383 e. The number of alkyl halides is 3. The van der Waals surface area contributed by atoms with Crippen LogP contribution in [0.5, 0.6) is 0 Å². The molecule has 2 aromatic carbocycles. The van der Waals surface area contributed by atoms with Crippen molar-refractivity contribution in [3.8, 4) is 5.69 Å². The maximum atomic E-state index is 13.9. The van der Waals surface area contributed by atoms with Gasteiger partial charge in [-0.2, -0.15) is 18.3 Å². The number of likely N-dealkylation sites (N-methyl/N-ethyl adjacent to an activating group) is 1. The maximum Gasteiger partial charge on any atom is 0.420 e. The third-order valence-corrected chi connectivity index (χ3v) is 5.59. The average Bonchev–Trinajstić information content (AvgIpc) is 3.22. The minimum absolute atomic E-state index is 0.0964. The molecule has 1 unspecified atom stereocenters. The summed E-state index contributed by atoms with van der Waals surface area (Å²) in [7, 11) is 0. The van der Waals surface area contributed by atoms with Crippen LogP contribution < -0.4 is 11.1 Å². The lowest BCUT2D eigenvalue weighted by Gasteiger charge is -2.35. The number of carbonyl (C=O) groups is 2. The average molecular weight is 510 g/mol. The molecule has 0 spiro atoms. The molecule has 4 N–H and O–H groups in total. The van der Waals surface area contributed by atoms with Gasteiger partial charge in [0.2, 0.25) is 0 Å². The lowest BCUT2D eigenvalue weighted by Crippen LogP contribution is -2.60. The first-order chi connectivity index (χ1) is 16.5. The number of halogens is 4. The van der Waals surface area contributed by atoms with Crippen LogP contribution in [0.15, 0.2) is 60.8 Å². The molecule has 35 heavy (non-hydrogen) atoms. The Morgan fingerprint density at radius 3 is 2.34 bits per heavy atom. The quantitative estimate of drug-likeness (QED) is 0.431. The van der Waals surface area contributed by atoms with Gasteiger partial charge in [-0.05, 0) is 43.3 Å². The number of carbonyl (C=O) groups excluding carboxylic acids is 2. The Morgan fingerprint density at radius 2 is 1.77 bits per heavy atom. The number of benzene rings is 2. The van der Waals surface area contributed by atoms with Gasteiger partial charge in [0.25, 0.3) is 11.8 Å². The first-order valence-electron chi connectivity index (χ1n) is 10.5. The minimum Gasteiger partial charge on any atom is -0.383 e. The normalized spacial score (nSPS) is 13.2. The molecule has 1 heterocycles. The standard InChI is InChI=1S/C23H23ClF3N5O3/c1-2-31(21(34)15-6-4-3-5-7-15)14-22(35,23(25,26)27)13-29-20(33)18-12-30-32(19(18)28)17-10-8-16(24)9-11-17/h3-12,35H,2,13-14,28H2,1H3,(H,29,33). The minimum atomic E-state index is -5.15. The third-order valence-electron chi connectivity index (χ3n) is 5.33. The van der Waals surface area contributed by atoms with E-state index in [1.165, 1.54) is 23.7 Å². The summed E-state index contributed by atoms with van der Waals surface area (Å²) >= 11 is 5.85. The van der Waals surface area contributed by atoms with Crippen LogP contribution in [0.2, 0.25) is 5.02 Å². The number of anilines is 1. The molecule has 12 heteroatoms. The maximum absolute atomic E-state index is 13.9. The second-order valence-corrected chi connectivity index (χ2v) is 8.17. The molecule has 0 aliphatic carbocycles. The fourth-order valence-electron chi connectivity index (χ4n) is 3.29. The molecule has 0 saturated heterocycles. The highest BCUT2D eigenvalue weighted by atomic mass is 35.5. The summed E-state index contributed by atoms with van der Waals surface area (Å²) < 4.78 is 42.8. The van der Waals surface area contributed by atoms with Gasteiger partial charge in [0, 0.05) is 17.1 Å². The van der Waals surface area contributed by atoms with E-state index in [1.807, 2.05) is 0 Å². The van der Waals surface area contributed by atoms with E-state index < -0.39 is 36.7 Å². The molecule has 186 valence electrons. The Hall–Kier alpha value is -3.57. The molecule has 1 aromatic heterocycles. The van der Waals surface area contributed by atoms with Gasteiger partial charge < -0.3 is 21.1 Å². The van der Waals surface area contributed by atoms with Gasteiger partial charge in [0.05, 0.1) is 25.0 Å². The Balaban J connectivity index is 1.77. The molecular formula is C23H23ClF3N5O3. The number of hydrogen-bond acceptors (Lipinski definition) is 5. The molecule has 0 aliphatic heterocycles. The number of nitrogens with one attached hydrogen (secondary N) is 1. The fourth-order valence-corrected chi connectivity index (χ4v) is 3.42. The van der Waals surface area contributed by atoms with Crippen LogP contribution in [0.1, 0.15) is 27.6 Å². The zero-order valence-corrected chi connectivity index (χ0v) is 19.3. The van der Waals surface area contributed by atoms with Crippen molar-refractivity contribution in [1.29, 1.82) is 0 Å². The van der Waals surface area contributed by atoms with E-state index in [0.29, 0.717) is 10.7 Å².